The maximum absolute atomic E-state index is 2.31. The van der Waals surface area contributed by atoms with Crippen LogP contribution in [0.15, 0.2) is 12.2 Å². The molecule has 0 spiro atoms. The second-order valence-corrected chi connectivity index (χ2v) is 3.27. The van der Waals surface area contributed by atoms with Crippen LogP contribution in [0, 0.1) is 0 Å². The van der Waals surface area contributed by atoms with Crippen molar-refractivity contribution in [3.05, 3.63) is 12.2 Å². The molecule has 0 nitrogen and oxygen atoms in total. The van der Waals surface area contributed by atoms with E-state index in [1.807, 2.05) is 0 Å². The smallest absolute Gasteiger partial charge is 0.0367 e. The highest BCUT2D eigenvalue weighted by Crippen LogP contribution is 2.56. The van der Waals surface area contributed by atoms with Gasteiger partial charge >= 0.3 is 0 Å². The molecule has 2 unspecified atom stereocenters. The van der Waals surface area contributed by atoms with Crippen molar-refractivity contribution >= 4 is 8.58 Å². The first-order valence-corrected chi connectivity index (χ1v) is 3.07. The minimum absolute atomic E-state index is 1.08. The minimum atomic E-state index is 1.08. The summed E-state index contributed by atoms with van der Waals surface area (Å²) in [5.41, 5.74) is 2.16. The van der Waals surface area contributed by atoms with E-state index < -0.39 is 0 Å². The Balaban J connectivity index is 2.46. The van der Waals surface area contributed by atoms with Gasteiger partial charge in [-0.1, -0.05) is 0 Å². The van der Waals surface area contributed by atoms with Gasteiger partial charge in [0.1, 0.15) is 8.58 Å². The van der Waals surface area contributed by atoms with Crippen LogP contribution in [-0.4, -0.2) is 11.3 Å². The van der Waals surface area contributed by atoms with Crippen molar-refractivity contribution < 1.29 is 0 Å². The van der Waals surface area contributed by atoms with Gasteiger partial charge in [0.05, 0.1) is 0 Å². The number of rotatable bonds is 0. The summed E-state index contributed by atoms with van der Waals surface area (Å²) in [6.45, 7) is 0. The van der Waals surface area contributed by atoms with Gasteiger partial charge in [-0.05, 0) is 12.2 Å². The van der Waals surface area contributed by atoms with Gasteiger partial charge in [-0.3, -0.25) is 0 Å². The molecule has 1 heterocycles. The average molecular weight is 84.1 g/mol. The van der Waals surface area contributed by atoms with E-state index in [1.54, 1.807) is 0 Å². The lowest BCUT2D eigenvalue weighted by molar-refractivity contribution is 1.13. The lowest BCUT2D eigenvalue weighted by Gasteiger charge is -1.79. The van der Waals surface area contributed by atoms with Gasteiger partial charge in [0.25, 0.3) is 0 Å². The van der Waals surface area contributed by atoms with Gasteiger partial charge in [0.2, 0.25) is 0 Å². The largest absolute Gasteiger partial charge is 0.160 e. The third-order valence-electron chi connectivity index (χ3n) is 1.19. The Kier molecular flexibility index (Phi) is 0.235. The molecule has 2 aliphatic rings. The minimum Gasteiger partial charge on any atom is -0.0367 e. The molecule has 1 aliphatic heterocycles. The Morgan fingerprint density at radius 2 is 1.80 bits per heavy atom. The Morgan fingerprint density at radius 3 is 1.80 bits per heavy atom. The maximum atomic E-state index is 2.31. The summed E-state index contributed by atoms with van der Waals surface area (Å²) in [6, 6.07) is 0. The third kappa shape index (κ3) is 0.157. The lowest BCUT2D eigenvalue weighted by atomic mass is 10.1. The molecular weight excluding hydrogens is 79.0 g/mol. The van der Waals surface area contributed by atoms with E-state index in [9.17, 15) is 0 Å². The van der Waals surface area contributed by atoms with Crippen molar-refractivity contribution in [1.29, 1.82) is 0 Å². The summed E-state index contributed by atoms with van der Waals surface area (Å²) in [6.07, 6.45) is 4.62. The summed E-state index contributed by atoms with van der Waals surface area (Å²) >= 11 is 0. The molecule has 1 aliphatic carbocycles. The molecule has 0 saturated carbocycles. The standard InChI is InChI=1S/C4H5P/c1-2-4-3(1)5-4/h1-5H/q+1. The predicted molar refractivity (Wildman–Crippen MR) is 25.0 cm³/mol. The van der Waals surface area contributed by atoms with Crippen LogP contribution in [0.1, 0.15) is 0 Å². The Labute approximate surface area is 33.0 Å². The van der Waals surface area contributed by atoms with Crippen LogP contribution < -0.4 is 0 Å². The SMILES string of the molecule is C1=CC2[PH+]C12. The third-order valence-corrected chi connectivity index (χ3v) is 2.68. The lowest BCUT2D eigenvalue weighted by Crippen LogP contribution is -1.93. The van der Waals surface area contributed by atoms with Gasteiger partial charge in [0.15, 0.2) is 11.3 Å². The molecule has 2 atom stereocenters. The molecule has 0 amide bonds. The van der Waals surface area contributed by atoms with Crippen molar-refractivity contribution in [2.45, 2.75) is 11.3 Å². The first-order chi connectivity index (χ1) is 2.47. The summed E-state index contributed by atoms with van der Waals surface area (Å²) in [5, 5.41) is 0. The molecule has 1 radical (unpaired) electrons. The number of allylic oxidation sites excluding steroid dienone is 2. The van der Waals surface area contributed by atoms with E-state index >= 15 is 0 Å². The molecule has 0 bridgehead atoms. The van der Waals surface area contributed by atoms with Crippen LogP contribution >= 0.6 is 8.58 Å². The van der Waals surface area contributed by atoms with Gasteiger partial charge < -0.3 is 0 Å². The van der Waals surface area contributed by atoms with E-state index in [1.165, 1.54) is 8.58 Å². The van der Waals surface area contributed by atoms with Crippen molar-refractivity contribution in [2.24, 2.45) is 0 Å². The zero-order valence-electron chi connectivity index (χ0n) is 2.81. The molecule has 5 heavy (non-hydrogen) atoms. The molecule has 1 fully saturated rings. The predicted octanol–water partition coefficient (Wildman–Crippen LogP) is 0.985. The van der Waals surface area contributed by atoms with Gasteiger partial charge in [-0.2, -0.15) is 0 Å². The normalized spacial score (nSPS) is 59.2. The summed E-state index contributed by atoms with van der Waals surface area (Å²) in [4.78, 5) is 0. The highest BCUT2D eigenvalue weighted by atomic mass is 31.1. The topological polar surface area (TPSA) is 0 Å². The second-order valence-electron chi connectivity index (χ2n) is 1.60. The second kappa shape index (κ2) is 0.498. The molecule has 0 aromatic heterocycles. The molecular formula is C4H5P+. The first kappa shape index (κ1) is 2.36. The fourth-order valence-electron chi connectivity index (χ4n) is 0.611. The summed E-state index contributed by atoms with van der Waals surface area (Å²) in [5.74, 6) is 0. The molecule has 0 N–H and O–H groups in total. The van der Waals surface area contributed by atoms with E-state index in [2.05, 4.69) is 12.2 Å². The van der Waals surface area contributed by atoms with Gasteiger partial charge in [-0.25, -0.2) is 0 Å². The van der Waals surface area contributed by atoms with Crippen LogP contribution in [0.5, 0.6) is 0 Å². The number of hydrogen-bond acceptors (Lipinski definition) is 0. The highest BCUT2D eigenvalue weighted by Gasteiger charge is 2.53. The van der Waals surface area contributed by atoms with Gasteiger partial charge in [-0.15, -0.1) is 0 Å². The van der Waals surface area contributed by atoms with E-state index in [0.29, 0.717) is 0 Å². The van der Waals surface area contributed by atoms with Crippen molar-refractivity contribution in [2.75, 3.05) is 0 Å². The maximum Gasteiger partial charge on any atom is 0.160 e. The van der Waals surface area contributed by atoms with E-state index in [4.69, 9.17) is 0 Å². The monoisotopic (exact) mass is 84.0 g/mol. The summed E-state index contributed by atoms with van der Waals surface area (Å²) in [7, 11) is 1.28. The number of hydrogen-bond donors (Lipinski definition) is 0. The fourth-order valence-corrected chi connectivity index (χ4v) is 1.61. The van der Waals surface area contributed by atoms with Crippen LogP contribution in [0.2, 0.25) is 0 Å². The zero-order valence-corrected chi connectivity index (χ0v) is 3.81. The molecule has 0 aromatic carbocycles. The van der Waals surface area contributed by atoms with E-state index in [0.717, 1.165) is 11.3 Å². The first-order valence-electron chi connectivity index (χ1n) is 1.91. The molecule has 1 heteroatoms. The molecule has 1 saturated heterocycles. The molecule has 25 valence electrons. The highest BCUT2D eigenvalue weighted by molar-refractivity contribution is 7.50. The van der Waals surface area contributed by atoms with Crippen LogP contribution in [0.3, 0.4) is 0 Å². The Morgan fingerprint density at radius 1 is 1.20 bits per heavy atom. The summed E-state index contributed by atoms with van der Waals surface area (Å²) < 4.78 is 0. The molecule has 0 aromatic rings. The Hall–Kier alpha value is 0.170. The quantitative estimate of drug-likeness (QED) is 0.303. The zero-order chi connectivity index (χ0) is 3.28. The van der Waals surface area contributed by atoms with Gasteiger partial charge in [0, 0.05) is 0 Å². The van der Waals surface area contributed by atoms with Crippen LogP contribution in [0.25, 0.3) is 0 Å². The van der Waals surface area contributed by atoms with E-state index in [-0.39, 0.29) is 0 Å². The van der Waals surface area contributed by atoms with Crippen LogP contribution in [-0.2, 0) is 0 Å². The van der Waals surface area contributed by atoms with Crippen molar-refractivity contribution in [3.63, 3.8) is 0 Å². The average Bonchev–Trinajstić information content (AvgIpc) is 1.74. The number of fused-ring (bicyclic) bond motifs is 1. The van der Waals surface area contributed by atoms with Crippen molar-refractivity contribution in [3.8, 4) is 0 Å². The molecule has 2 rings (SSSR count). The Bertz CT molecular complexity index is 75.6. The fraction of sp³-hybridized carbons (Fsp3) is 0.500. The van der Waals surface area contributed by atoms with Crippen LogP contribution in [0.4, 0.5) is 0 Å². The van der Waals surface area contributed by atoms with Crippen molar-refractivity contribution in [1.82, 2.24) is 0 Å².